The van der Waals surface area contributed by atoms with Crippen LogP contribution in [-0.2, 0) is 9.84 Å². The number of nitrogens with one attached hydrogen (secondary N) is 1. The molecular formula is C11H15BrN4O3S. The molecule has 9 heteroatoms. The normalized spacial score (nSPS) is 25.4. The van der Waals surface area contributed by atoms with E-state index in [1.165, 1.54) is 0 Å². The summed E-state index contributed by atoms with van der Waals surface area (Å²) in [4.78, 5) is 13.6. The monoisotopic (exact) mass is 362 g/mol. The van der Waals surface area contributed by atoms with Gasteiger partial charge in [-0.3, -0.25) is 4.68 Å². The molecule has 0 bridgehead atoms. The maximum Gasteiger partial charge on any atom is 0.317 e. The number of nitrogens with zero attached hydrogens (tertiary/aromatic N) is 3. The Kier molecular flexibility index (Phi) is 3.49. The molecule has 3 heterocycles. The molecule has 0 aromatic carbocycles. The van der Waals surface area contributed by atoms with Crippen LogP contribution in [0.1, 0.15) is 12.5 Å². The van der Waals surface area contributed by atoms with Crippen molar-refractivity contribution in [2.24, 2.45) is 0 Å². The molecule has 2 fully saturated rings. The molecule has 1 aromatic rings. The van der Waals surface area contributed by atoms with Crippen molar-refractivity contribution in [2.75, 3.05) is 24.6 Å². The van der Waals surface area contributed by atoms with E-state index in [-0.39, 0.29) is 29.6 Å². The Bertz CT molecular complexity index is 623. The Morgan fingerprint density at radius 2 is 2.20 bits per heavy atom. The minimum absolute atomic E-state index is 0.0577. The number of sulfone groups is 1. The zero-order chi connectivity index (χ0) is 14.3. The molecule has 0 radical (unpaired) electrons. The first-order chi connectivity index (χ1) is 9.43. The smallest absolute Gasteiger partial charge is 0.317 e. The van der Waals surface area contributed by atoms with Gasteiger partial charge in [-0.15, -0.1) is 0 Å². The largest absolute Gasteiger partial charge is 0.334 e. The predicted molar refractivity (Wildman–Crippen MR) is 76.1 cm³/mol. The van der Waals surface area contributed by atoms with E-state index in [0.717, 1.165) is 4.47 Å². The Morgan fingerprint density at radius 3 is 2.75 bits per heavy atom. The van der Waals surface area contributed by atoms with Gasteiger partial charge in [-0.2, -0.15) is 5.10 Å². The highest BCUT2D eigenvalue weighted by molar-refractivity contribution is 9.10. The predicted octanol–water partition coefficient (Wildman–Crippen LogP) is 0.399. The van der Waals surface area contributed by atoms with Crippen molar-refractivity contribution in [3.63, 3.8) is 0 Å². The minimum Gasteiger partial charge on any atom is -0.334 e. The van der Waals surface area contributed by atoms with Crippen LogP contribution < -0.4 is 5.32 Å². The van der Waals surface area contributed by atoms with Gasteiger partial charge in [0.1, 0.15) is 0 Å². The van der Waals surface area contributed by atoms with Crippen LogP contribution in [0.15, 0.2) is 16.9 Å². The number of amides is 2. The number of aromatic nitrogens is 2. The molecule has 0 aliphatic carbocycles. The van der Waals surface area contributed by atoms with Crippen LogP contribution in [0.5, 0.6) is 0 Å². The third-order valence-electron chi connectivity index (χ3n) is 3.65. The van der Waals surface area contributed by atoms with Gasteiger partial charge in [0.15, 0.2) is 9.84 Å². The van der Waals surface area contributed by atoms with Crippen molar-refractivity contribution in [1.29, 1.82) is 0 Å². The summed E-state index contributed by atoms with van der Waals surface area (Å²) in [7, 11) is -2.96. The molecule has 0 spiro atoms. The van der Waals surface area contributed by atoms with E-state index < -0.39 is 9.84 Å². The maximum absolute atomic E-state index is 12.0. The van der Waals surface area contributed by atoms with Crippen LogP contribution in [0.3, 0.4) is 0 Å². The molecule has 2 saturated heterocycles. The highest BCUT2D eigenvalue weighted by Gasteiger charge is 2.35. The first-order valence-corrected chi connectivity index (χ1v) is 9.00. The number of hydrogen-bond donors (Lipinski definition) is 1. The van der Waals surface area contributed by atoms with Crippen molar-refractivity contribution >= 4 is 31.8 Å². The average molecular weight is 363 g/mol. The van der Waals surface area contributed by atoms with Crippen molar-refractivity contribution in [3.8, 4) is 0 Å². The first kappa shape index (κ1) is 13.9. The highest BCUT2D eigenvalue weighted by atomic mass is 79.9. The third-order valence-corrected chi connectivity index (χ3v) is 5.83. The molecule has 2 aliphatic rings. The van der Waals surface area contributed by atoms with Gasteiger partial charge in [0, 0.05) is 25.3 Å². The van der Waals surface area contributed by atoms with E-state index in [1.807, 2.05) is 10.9 Å². The van der Waals surface area contributed by atoms with Crippen LogP contribution in [-0.4, -0.2) is 59.8 Å². The van der Waals surface area contributed by atoms with E-state index in [2.05, 4.69) is 26.3 Å². The molecule has 1 unspecified atom stereocenters. The van der Waals surface area contributed by atoms with Gasteiger partial charge in [-0.25, -0.2) is 13.2 Å². The van der Waals surface area contributed by atoms with Gasteiger partial charge in [0.25, 0.3) is 0 Å². The second kappa shape index (κ2) is 5.03. The lowest BCUT2D eigenvalue weighted by molar-refractivity contribution is 0.116. The molecule has 1 N–H and O–H groups in total. The van der Waals surface area contributed by atoms with Crippen molar-refractivity contribution < 1.29 is 13.2 Å². The zero-order valence-corrected chi connectivity index (χ0v) is 13.1. The molecule has 110 valence electrons. The molecule has 2 amide bonds. The Balaban J connectivity index is 1.49. The fourth-order valence-corrected chi connectivity index (χ4v) is 4.45. The van der Waals surface area contributed by atoms with Crippen molar-refractivity contribution in [3.05, 3.63) is 16.9 Å². The highest BCUT2D eigenvalue weighted by Crippen LogP contribution is 2.22. The van der Waals surface area contributed by atoms with Gasteiger partial charge in [0.2, 0.25) is 0 Å². The lowest BCUT2D eigenvalue weighted by atomic mass is 10.1. The SMILES string of the molecule is O=C(NC1CCS(=O)(=O)C1)N1CC(n2cc(Br)cn2)C1. The minimum atomic E-state index is -2.96. The zero-order valence-electron chi connectivity index (χ0n) is 10.7. The molecule has 0 saturated carbocycles. The van der Waals surface area contributed by atoms with E-state index in [1.54, 1.807) is 11.1 Å². The van der Waals surface area contributed by atoms with Gasteiger partial charge < -0.3 is 10.2 Å². The van der Waals surface area contributed by atoms with E-state index in [4.69, 9.17) is 0 Å². The third kappa shape index (κ3) is 2.83. The number of carbonyl (C=O) groups is 1. The van der Waals surface area contributed by atoms with Crippen LogP contribution in [0.4, 0.5) is 4.79 Å². The van der Waals surface area contributed by atoms with Crippen LogP contribution in [0.25, 0.3) is 0 Å². The number of carbonyl (C=O) groups excluding carboxylic acids is 1. The Morgan fingerprint density at radius 1 is 1.45 bits per heavy atom. The molecule has 7 nitrogen and oxygen atoms in total. The van der Waals surface area contributed by atoms with Crippen LogP contribution in [0, 0.1) is 0 Å². The van der Waals surface area contributed by atoms with Crippen molar-refractivity contribution in [1.82, 2.24) is 20.0 Å². The topological polar surface area (TPSA) is 84.3 Å². The number of hydrogen-bond acceptors (Lipinski definition) is 4. The maximum atomic E-state index is 12.0. The summed E-state index contributed by atoms with van der Waals surface area (Å²) >= 11 is 3.33. The summed E-state index contributed by atoms with van der Waals surface area (Å²) in [5.74, 6) is 0.226. The van der Waals surface area contributed by atoms with Gasteiger partial charge >= 0.3 is 6.03 Å². The van der Waals surface area contributed by atoms with Crippen LogP contribution in [0.2, 0.25) is 0 Å². The summed E-state index contributed by atoms with van der Waals surface area (Å²) in [5, 5.41) is 6.97. The molecule has 1 aromatic heterocycles. The number of halogens is 1. The van der Waals surface area contributed by atoms with E-state index >= 15 is 0 Å². The second-order valence-electron chi connectivity index (χ2n) is 5.25. The number of likely N-dealkylation sites (tertiary alicyclic amines) is 1. The van der Waals surface area contributed by atoms with E-state index in [9.17, 15) is 13.2 Å². The summed E-state index contributed by atoms with van der Waals surface area (Å²) in [6, 6.07) is -0.237. The standard InChI is InChI=1S/C11H15BrN4O3S/c12-8-3-13-16(4-8)10-5-15(6-10)11(17)14-9-1-2-20(18,19)7-9/h3-4,9-10H,1-2,5-7H2,(H,14,17). The molecular weight excluding hydrogens is 348 g/mol. The molecule has 3 rings (SSSR count). The number of rotatable bonds is 2. The Labute approximate surface area is 125 Å². The summed E-state index contributed by atoms with van der Waals surface area (Å²) in [6.07, 6.45) is 4.10. The first-order valence-electron chi connectivity index (χ1n) is 6.38. The summed E-state index contributed by atoms with van der Waals surface area (Å²) in [5.41, 5.74) is 0. The van der Waals surface area contributed by atoms with E-state index in [0.29, 0.717) is 19.5 Å². The van der Waals surface area contributed by atoms with Gasteiger partial charge in [0.05, 0.1) is 28.2 Å². The quantitative estimate of drug-likeness (QED) is 0.825. The lowest BCUT2D eigenvalue weighted by Crippen LogP contribution is -2.56. The lowest BCUT2D eigenvalue weighted by Gasteiger charge is -2.39. The van der Waals surface area contributed by atoms with Gasteiger partial charge in [-0.1, -0.05) is 0 Å². The molecule has 2 aliphatic heterocycles. The second-order valence-corrected chi connectivity index (χ2v) is 8.39. The van der Waals surface area contributed by atoms with Gasteiger partial charge in [-0.05, 0) is 22.4 Å². The van der Waals surface area contributed by atoms with Crippen LogP contribution >= 0.6 is 15.9 Å². The fourth-order valence-electron chi connectivity index (χ4n) is 2.48. The average Bonchev–Trinajstić information content (AvgIpc) is 2.83. The molecule has 20 heavy (non-hydrogen) atoms. The summed E-state index contributed by atoms with van der Waals surface area (Å²) < 4.78 is 25.4. The summed E-state index contributed by atoms with van der Waals surface area (Å²) in [6.45, 7) is 1.19. The van der Waals surface area contributed by atoms with Crippen molar-refractivity contribution in [2.45, 2.75) is 18.5 Å². The Hall–Kier alpha value is -1.09. The number of urea groups is 1. The molecule has 1 atom stereocenters. The fraction of sp³-hybridized carbons (Fsp3) is 0.636.